The molecule has 8 nitrogen and oxygen atoms in total. The van der Waals surface area contributed by atoms with E-state index in [0.717, 1.165) is 28.0 Å². The van der Waals surface area contributed by atoms with Gasteiger partial charge in [-0.25, -0.2) is 9.78 Å². The Balaban J connectivity index is 1.59. The molecule has 0 saturated carbocycles. The minimum atomic E-state index is -0.978. The van der Waals surface area contributed by atoms with Gasteiger partial charge in [0.1, 0.15) is 23.0 Å². The molecule has 1 saturated heterocycles. The number of nitrogens with zero attached hydrogens (tertiary/aromatic N) is 2. The maximum Gasteiger partial charge on any atom is 0.350 e. The number of carbonyl (C=O) groups is 3. The second-order valence-corrected chi connectivity index (χ2v) is 12.9. The molecule has 0 aliphatic carbocycles. The van der Waals surface area contributed by atoms with Crippen LogP contribution in [0.4, 0.5) is 5.13 Å². The molecule has 1 unspecified atom stereocenters. The van der Waals surface area contributed by atoms with Crippen LogP contribution in [0.5, 0.6) is 5.75 Å². The third-order valence-electron chi connectivity index (χ3n) is 7.67. The molecule has 1 atom stereocenters. The SMILES string of the molecule is CCOC(=O)c1sc(N2C(=O)C(=O)C(=C(O)c3ccc(OCc4ccccc4)c(C)c3)C2c2ccc(C(C)(C)C)cc2)nc1C. The summed E-state index contributed by atoms with van der Waals surface area (Å²) in [4.78, 5) is 46.0. The van der Waals surface area contributed by atoms with Gasteiger partial charge in [0.2, 0.25) is 0 Å². The molecule has 9 heteroatoms. The Labute approximate surface area is 267 Å². The lowest BCUT2D eigenvalue weighted by Gasteiger charge is -2.25. The van der Waals surface area contributed by atoms with Gasteiger partial charge >= 0.3 is 11.9 Å². The second kappa shape index (κ2) is 12.7. The Morgan fingerprint density at radius 2 is 1.69 bits per heavy atom. The molecule has 4 aromatic rings. The molecule has 0 spiro atoms. The van der Waals surface area contributed by atoms with E-state index in [2.05, 4.69) is 25.8 Å². The van der Waals surface area contributed by atoms with E-state index in [1.54, 1.807) is 32.0 Å². The number of aliphatic hydroxyl groups excluding tert-OH is 1. The largest absolute Gasteiger partial charge is 0.507 e. The highest BCUT2D eigenvalue weighted by Gasteiger charge is 2.48. The number of aliphatic hydroxyl groups is 1. The molecule has 3 aromatic carbocycles. The molecular formula is C36H36N2O6S. The average Bonchev–Trinajstić information content (AvgIpc) is 3.52. The van der Waals surface area contributed by atoms with Gasteiger partial charge in [-0.1, -0.05) is 86.7 Å². The van der Waals surface area contributed by atoms with E-state index in [0.29, 0.717) is 29.2 Å². The van der Waals surface area contributed by atoms with Gasteiger partial charge in [0, 0.05) is 5.56 Å². The topological polar surface area (TPSA) is 106 Å². The Hall–Kier alpha value is -4.76. The van der Waals surface area contributed by atoms with E-state index in [1.165, 1.54) is 4.90 Å². The van der Waals surface area contributed by atoms with Gasteiger partial charge < -0.3 is 14.6 Å². The van der Waals surface area contributed by atoms with Crippen molar-refractivity contribution in [2.24, 2.45) is 0 Å². The number of aromatic nitrogens is 1. The van der Waals surface area contributed by atoms with Crippen molar-refractivity contribution >= 4 is 39.9 Å². The van der Waals surface area contributed by atoms with Crippen molar-refractivity contribution in [3.8, 4) is 5.75 Å². The van der Waals surface area contributed by atoms with Crippen LogP contribution >= 0.6 is 11.3 Å². The molecule has 45 heavy (non-hydrogen) atoms. The van der Waals surface area contributed by atoms with Gasteiger partial charge in [-0.3, -0.25) is 14.5 Å². The molecule has 232 valence electrons. The fraction of sp³-hybridized carbons (Fsp3) is 0.278. The van der Waals surface area contributed by atoms with Crippen LogP contribution in [0, 0.1) is 13.8 Å². The quantitative estimate of drug-likeness (QED) is 0.0940. The summed E-state index contributed by atoms with van der Waals surface area (Å²) >= 11 is 0.980. The van der Waals surface area contributed by atoms with Crippen LogP contribution in [0.15, 0.2) is 78.4 Å². The number of rotatable bonds is 8. The minimum absolute atomic E-state index is 0.0635. The number of ether oxygens (including phenoxy) is 2. The number of ketones is 1. The highest BCUT2D eigenvalue weighted by molar-refractivity contribution is 7.17. The number of thiazole rings is 1. The van der Waals surface area contributed by atoms with Crippen LogP contribution in [-0.2, 0) is 26.3 Å². The summed E-state index contributed by atoms with van der Waals surface area (Å²) in [5.74, 6) is -1.91. The average molecular weight is 625 g/mol. The van der Waals surface area contributed by atoms with Crippen molar-refractivity contribution in [3.05, 3.63) is 117 Å². The number of carbonyl (C=O) groups excluding carboxylic acids is 3. The first-order valence-electron chi connectivity index (χ1n) is 14.7. The molecule has 0 radical (unpaired) electrons. The first kappa shape index (κ1) is 31.7. The molecule has 0 bridgehead atoms. The normalized spacial score (nSPS) is 16.2. The molecule has 1 aliphatic rings. The minimum Gasteiger partial charge on any atom is -0.507 e. The van der Waals surface area contributed by atoms with Crippen molar-refractivity contribution in [2.45, 2.75) is 59.6 Å². The molecule has 1 fully saturated rings. The number of hydrogen-bond donors (Lipinski definition) is 1. The number of esters is 1. The predicted molar refractivity (Wildman–Crippen MR) is 175 cm³/mol. The van der Waals surface area contributed by atoms with Crippen LogP contribution in [-0.4, -0.2) is 34.4 Å². The standard InChI is InChI=1S/C36H36N2O6S/c1-7-43-34(42)32-22(3)37-35(45-32)38-29(24-13-16-26(17-14-24)36(4,5)6)28(31(40)33(38)41)30(39)25-15-18-27(21(2)19-25)44-20-23-11-9-8-10-12-23/h8-19,29,39H,7,20H2,1-6H3. The Morgan fingerprint density at radius 1 is 1.00 bits per heavy atom. The van der Waals surface area contributed by atoms with E-state index < -0.39 is 23.7 Å². The number of hydrogen-bond acceptors (Lipinski definition) is 8. The van der Waals surface area contributed by atoms with Crippen LogP contribution in [0.25, 0.3) is 5.76 Å². The molecule has 1 aliphatic heterocycles. The third-order valence-corrected chi connectivity index (χ3v) is 8.81. The van der Waals surface area contributed by atoms with Gasteiger partial charge in [0.15, 0.2) is 5.13 Å². The Bertz CT molecular complexity index is 1780. The van der Waals surface area contributed by atoms with Crippen LogP contribution in [0.3, 0.4) is 0 Å². The van der Waals surface area contributed by atoms with E-state index in [4.69, 9.17) is 9.47 Å². The van der Waals surface area contributed by atoms with E-state index in [9.17, 15) is 19.5 Å². The highest BCUT2D eigenvalue weighted by atomic mass is 32.1. The fourth-order valence-corrected chi connectivity index (χ4v) is 6.22. The monoisotopic (exact) mass is 624 g/mol. The van der Waals surface area contributed by atoms with E-state index in [-0.39, 0.29) is 33.4 Å². The zero-order valence-electron chi connectivity index (χ0n) is 26.2. The number of anilines is 1. The number of amides is 1. The predicted octanol–water partition coefficient (Wildman–Crippen LogP) is 7.44. The number of benzene rings is 3. The highest BCUT2D eigenvalue weighted by Crippen LogP contribution is 2.44. The van der Waals surface area contributed by atoms with Crippen molar-refractivity contribution in [1.29, 1.82) is 0 Å². The van der Waals surface area contributed by atoms with Gasteiger partial charge in [-0.2, -0.15) is 0 Å². The first-order valence-corrected chi connectivity index (χ1v) is 15.6. The van der Waals surface area contributed by atoms with E-state index >= 15 is 0 Å². The molecule has 2 heterocycles. The lowest BCUT2D eigenvalue weighted by atomic mass is 9.85. The molecule has 1 aromatic heterocycles. The van der Waals surface area contributed by atoms with Crippen molar-refractivity contribution < 1.29 is 29.0 Å². The van der Waals surface area contributed by atoms with Crippen LogP contribution < -0.4 is 9.64 Å². The Kier molecular flexibility index (Phi) is 8.93. The van der Waals surface area contributed by atoms with Gasteiger partial charge in [0.05, 0.1) is 23.9 Å². The number of aryl methyl sites for hydroxylation is 2. The van der Waals surface area contributed by atoms with Crippen molar-refractivity contribution in [2.75, 3.05) is 11.5 Å². The lowest BCUT2D eigenvalue weighted by Crippen LogP contribution is -2.29. The fourth-order valence-electron chi connectivity index (χ4n) is 5.23. The number of Topliss-reactive ketones (excluding diaryl/α,β-unsaturated/α-hetero) is 1. The van der Waals surface area contributed by atoms with Gasteiger partial charge in [-0.05, 0) is 66.6 Å². The summed E-state index contributed by atoms with van der Waals surface area (Å²) in [5.41, 5.74) is 4.04. The van der Waals surface area contributed by atoms with E-state index in [1.807, 2.05) is 61.5 Å². The lowest BCUT2D eigenvalue weighted by molar-refractivity contribution is -0.132. The molecule has 1 N–H and O–H groups in total. The molecule has 5 rings (SSSR count). The maximum absolute atomic E-state index is 13.7. The zero-order chi connectivity index (χ0) is 32.5. The molecular weight excluding hydrogens is 588 g/mol. The van der Waals surface area contributed by atoms with Crippen molar-refractivity contribution in [1.82, 2.24) is 4.98 Å². The first-order chi connectivity index (χ1) is 21.4. The van der Waals surface area contributed by atoms with Crippen molar-refractivity contribution in [3.63, 3.8) is 0 Å². The molecule has 1 amide bonds. The third kappa shape index (κ3) is 6.40. The second-order valence-electron chi connectivity index (χ2n) is 11.9. The summed E-state index contributed by atoms with van der Waals surface area (Å²) in [6.45, 7) is 12.1. The van der Waals surface area contributed by atoms with Gasteiger partial charge in [-0.15, -0.1) is 0 Å². The van der Waals surface area contributed by atoms with Crippen LogP contribution in [0.2, 0.25) is 0 Å². The Morgan fingerprint density at radius 3 is 2.31 bits per heavy atom. The summed E-state index contributed by atoms with van der Waals surface area (Å²) in [5, 5.41) is 11.8. The summed E-state index contributed by atoms with van der Waals surface area (Å²) in [6, 6.07) is 21.6. The smallest absolute Gasteiger partial charge is 0.350 e. The van der Waals surface area contributed by atoms with Gasteiger partial charge in [0.25, 0.3) is 5.78 Å². The summed E-state index contributed by atoms with van der Waals surface area (Å²) in [6.07, 6.45) is 0. The summed E-state index contributed by atoms with van der Waals surface area (Å²) in [7, 11) is 0. The van der Waals surface area contributed by atoms with Crippen LogP contribution in [0.1, 0.15) is 76.9 Å². The zero-order valence-corrected chi connectivity index (χ0v) is 27.0. The maximum atomic E-state index is 13.7. The summed E-state index contributed by atoms with van der Waals surface area (Å²) < 4.78 is 11.2.